The SMILES string of the molecule is C=CCCCNc1ccccc1C(=O)N1CCCC1CO. The van der Waals surface area contributed by atoms with E-state index >= 15 is 0 Å². The van der Waals surface area contributed by atoms with Crippen LogP contribution in [0.15, 0.2) is 36.9 Å². The van der Waals surface area contributed by atoms with Crippen molar-refractivity contribution >= 4 is 11.6 Å². The predicted octanol–water partition coefficient (Wildman–Crippen LogP) is 2.66. The van der Waals surface area contributed by atoms with E-state index in [4.69, 9.17) is 0 Å². The second-order valence-corrected chi connectivity index (χ2v) is 5.38. The summed E-state index contributed by atoms with van der Waals surface area (Å²) in [6, 6.07) is 7.56. The lowest BCUT2D eigenvalue weighted by Crippen LogP contribution is -2.37. The lowest BCUT2D eigenvalue weighted by atomic mass is 10.1. The fraction of sp³-hybridized carbons (Fsp3) is 0.471. The van der Waals surface area contributed by atoms with Crippen molar-refractivity contribution in [2.24, 2.45) is 0 Å². The molecule has 2 rings (SSSR count). The highest BCUT2D eigenvalue weighted by Crippen LogP contribution is 2.23. The van der Waals surface area contributed by atoms with E-state index in [0.29, 0.717) is 5.56 Å². The van der Waals surface area contributed by atoms with Gasteiger partial charge < -0.3 is 15.3 Å². The summed E-state index contributed by atoms with van der Waals surface area (Å²) in [5.41, 5.74) is 1.56. The maximum atomic E-state index is 12.7. The molecule has 4 nitrogen and oxygen atoms in total. The number of benzene rings is 1. The fourth-order valence-electron chi connectivity index (χ4n) is 2.74. The number of hydrogen-bond acceptors (Lipinski definition) is 3. The number of hydrogen-bond donors (Lipinski definition) is 2. The number of anilines is 1. The number of para-hydroxylation sites is 1. The van der Waals surface area contributed by atoms with E-state index in [1.54, 1.807) is 4.90 Å². The van der Waals surface area contributed by atoms with Crippen LogP contribution in [0.2, 0.25) is 0 Å². The molecule has 0 radical (unpaired) electrons. The summed E-state index contributed by atoms with van der Waals surface area (Å²) in [5, 5.41) is 12.7. The van der Waals surface area contributed by atoms with Gasteiger partial charge in [-0.25, -0.2) is 0 Å². The summed E-state index contributed by atoms with van der Waals surface area (Å²) < 4.78 is 0. The molecule has 0 bridgehead atoms. The van der Waals surface area contributed by atoms with Crippen LogP contribution in [0, 0.1) is 0 Å². The highest BCUT2D eigenvalue weighted by molar-refractivity contribution is 5.99. The third kappa shape index (κ3) is 3.85. The summed E-state index contributed by atoms with van der Waals surface area (Å²) in [5.74, 6) is 0.0124. The summed E-state index contributed by atoms with van der Waals surface area (Å²) in [6.07, 6.45) is 5.70. The highest BCUT2D eigenvalue weighted by Gasteiger charge is 2.29. The van der Waals surface area contributed by atoms with Gasteiger partial charge in [-0.15, -0.1) is 6.58 Å². The van der Waals surface area contributed by atoms with Gasteiger partial charge in [0.2, 0.25) is 0 Å². The number of carbonyl (C=O) groups excluding carboxylic acids is 1. The molecule has 1 fully saturated rings. The standard InChI is InChI=1S/C17H24N2O2/c1-2-3-6-11-18-16-10-5-4-9-15(16)17(21)19-12-7-8-14(19)13-20/h2,4-5,9-10,14,18,20H,1,3,6-8,11-13H2. The van der Waals surface area contributed by atoms with Crippen LogP contribution in [0.4, 0.5) is 5.69 Å². The van der Waals surface area contributed by atoms with Gasteiger partial charge in [0.25, 0.3) is 5.91 Å². The number of carbonyl (C=O) groups is 1. The number of amides is 1. The molecule has 1 aliphatic heterocycles. The van der Waals surface area contributed by atoms with Crippen molar-refractivity contribution in [3.63, 3.8) is 0 Å². The van der Waals surface area contributed by atoms with Gasteiger partial charge in [0, 0.05) is 18.8 Å². The Labute approximate surface area is 126 Å². The first-order valence-electron chi connectivity index (χ1n) is 7.63. The van der Waals surface area contributed by atoms with Crippen LogP contribution in [0.3, 0.4) is 0 Å². The third-order valence-corrected chi connectivity index (χ3v) is 3.91. The highest BCUT2D eigenvalue weighted by atomic mass is 16.3. The molecule has 0 spiro atoms. The Bertz CT molecular complexity index is 487. The summed E-state index contributed by atoms with van der Waals surface area (Å²) in [7, 11) is 0. The monoisotopic (exact) mass is 288 g/mol. The van der Waals surface area contributed by atoms with Crippen molar-refractivity contribution in [1.29, 1.82) is 0 Å². The Balaban J connectivity index is 2.07. The molecule has 1 heterocycles. The van der Waals surface area contributed by atoms with Crippen molar-refractivity contribution in [2.75, 3.05) is 25.0 Å². The number of aliphatic hydroxyl groups is 1. The Morgan fingerprint density at radius 1 is 1.48 bits per heavy atom. The van der Waals surface area contributed by atoms with Crippen molar-refractivity contribution in [1.82, 2.24) is 4.90 Å². The number of aliphatic hydroxyl groups excluding tert-OH is 1. The Kier molecular flexibility index (Phi) is 5.81. The van der Waals surface area contributed by atoms with Crippen molar-refractivity contribution < 1.29 is 9.90 Å². The molecule has 1 amide bonds. The van der Waals surface area contributed by atoms with E-state index in [9.17, 15) is 9.90 Å². The molecule has 1 aliphatic rings. The Hall–Kier alpha value is -1.81. The van der Waals surface area contributed by atoms with Gasteiger partial charge in [-0.05, 0) is 37.8 Å². The summed E-state index contributed by atoms with van der Waals surface area (Å²) in [4.78, 5) is 14.5. The Morgan fingerprint density at radius 3 is 3.05 bits per heavy atom. The molecule has 4 heteroatoms. The maximum absolute atomic E-state index is 12.7. The molecular formula is C17H24N2O2. The molecule has 1 aromatic rings. The minimum absolute atomic E-state index is 0.0124. The molecule has 0 aromatic heterocycles. The smallest absolute Gasteiger partial charge is 0.256 e. The van der Waals surface area contributed by atoms with Crippen LogP contribution < -0.4 is 5.32 Å². The lowest BCUT2D eigenvalue weighted by Gasteiger charge is -2.24. The molecule has 21 heavy (non-hydrogen) atoms. The third-order valence-electron chi connectivity index (χ3n) is 3.91. The second-order valence-electron chi connectivity index (χ2n) is 5.38. The lowest BCUT2D eigenvalue weighted by molar-refractivity contribution is 0.0678. The van der Waals surface area contributed by atoms with E-state index in [2.05, 4.69) is 11.9 Å². The first-order valence-corrected chi connectivity index (χ1v) is 7.63. The van der Waals surface area contributed by atoms with Gasteiger partial charge in [-0.3, -0.25) is 4.79 Å². The fourth-order valence-corrected chi connectivity index (χ4v) is 2.74. The first kappa shape index (κ1) is 15.6. The number of rotatable bonds is 7. The summed E-state index contributed by atoms with van der Waals surface area (Å²) in [6.45, 7) is 5.30. The molecule has 2 N–H and O–H groups in total. The largest absolute Gasteiger partial charge is 0.394 e. The van der Waals surface area contributed by atoms with Gasteiger partial charge in [0.05, 0.1) is 18.2 Å². The minimum atomic E-state index is -0.0358. The molecular weight excluding hydrogens is 264 g/mol. The van der Waals surface area contributed by atoms with Gasteiger partial charge in [-0.2, -0.15) is 0 Å². The number of unbranched alkanes of at least 4 members (excludes halogenated alkanes) is 1. The summed E-state index contributed by atoms with van der Waals surface area (Å²) >= 11 is 0. The topological polar surface area (TPSA) is 52.6 Å². The molecule has 1 aromatic carbocycles. The van der Waals surface area contributed by atoms with Crippen LogP contribution in [-0.4, -0.2) is 41.7 Å². The quantitative estimate of drug-likeness (QED) is 0.599. The molecule has 0 aliphatic carbocycles. The minimum Gasteiger partial charge on any atom is -0.394 e. The van der Waals surface area contributed by atoms with E-state index in [1.165, 1.54) is 0 Å². The van der Waals surface area contributed by atoms with Crippen LogP contribution >= 0.6 is 0 Å². The molecule has 1 saturated heterocycles. The average Bonchev–Trinajstić information content (AvgIpc) is 3.00. The van der Waals surface area contributed by atoms with Gasteiger partial charge >= 0.3 is 0 Å². The zero-order chi connectivity index (χ0) is 15.1. The molecule has 114 valence electrons. The normalized spacial score (nSPS) is 17.8. The van der Waals surface area contributed by atoms with Crippen LogP contribution in [-0.2, 0) is 0 Å². The van der Waals surface area contributed by atoms with E-state index in [0.717, 1.165) is 44.5 Å². The second kappa shape index (κ2) is 7.84. The van der Waals surface area contributed by atoms with Gasteiger partial charge in [0.15, 0.2) is 0 Å². The molecule has 1 unspecified atom stereocenters. The van der Waals surface area contributed by atoms with Crippen LogP contribution in [0.1, 0.15) is 36.0 Å². The van der Waals surface area contributed by atoms with Crippen molar-refractivity contribution in [3.05, 3.63) is 42.5 Å². The number of likely N-dealkylation sites (tertiary alicyclic amines) is 1. The maximum Gasteiger partial charge on any atom is 0.256 e. The van der Waals surface area contributed by atoms with Crippen molar-refractivity contribution in [2.45, 2.75) is 31.7 Å². The van der Waals surface area contributed by atoms with E-state index in [-0.39, 0.29) is 18.6 Å². The average molecular weight is 288 g/mol. The number of nitrogens with zero attached hydrogens (tertiary/aromatic N) is 1. The number of allylic oxidation sites excluding steroid dienone is 1. The van der Waals surface area contributed by atoms with E-state index in [1.807, 2.05) is 30.3 Å². The zero-order valence-corrected chi connectivity index (χ0v) is 12.4. The van der Waals surface area contributed by atoms with Gasteiger partial charge in [-0.1, -0.05) is 18.2 Å². The van der Waals surface area contributed by atoms with Gasteiger partial charge in [0.1, 0.15) is 0 Å². The van der Waals surface area contributed by atoms with Crippen molar-refractivity contribution in [3.8, 4) is 0 Å². The van der Waals surface area contributed by atoms with E-state index < -0.39 is 0 Å². The zero-order valence-electron chi connectivity index (χ0n) is 12.4. The molecule has 0 saturated carbocycles. The van der Waals surface area contributed by atoms with Crippen LogP contribution in [0.5, 0.6) is 0 Å². The van der Waals surface area contributed by atoms with Crippen LogP contribution in [0.25, 0.3) is 0 Å². The number of nitrogens with one attached hydrogen (secondary N) is 1. The first-order chi connectivity index (χ1) is 10.3. The predicted molar refractivity (Wildman–Crippen MR) is 85.5 cm³/mol. The molecule has 1 atom stereocenters. The Morgan fingerprint density at radius 2 is 2.29 bits per heavy atom.